The van der Waals surface area contributed by atoms with Crippen LogP contribution in [0.15, 0.2) is 115 Å². The number of fused-ring (bicyclic) bond motifs is 9. The van der Waals surface area contributed by atoms with Crippen LogP contribution in [0, 0.1) is 6.07 Å². The molecule has 0 fully saturated rings. The monoisotopic (exact) mass is 403 g/mol. The van der Waals surface area contributed by atoms with Crippen molar-refractivity contribution in [1.29, 1.82) is 0 Å². The molecular formula is C32H19. The van der Waals surface area contributed by atoms with Crippen molar-refractivity contribution in [3.8, 4) is 11.1 Å². The van der Waals surface area contributed by atoms with Crippen LogP contribution in [0.3, 0.4) is 0 Å². The molecule has 0 aromatic heterocycles. The van der Waals surface area contributed by atoms with Crippen LogP contribution in [-0.2, 0) is 0 Å². The van der Waals surface area contributed by atoms with E-state index in [4.69, 9.17) is 0 Å². The first-order valence-corrected chi connectivity index (χ1v) is 11.0. The van der Waals surface area contributed by atoms with E-state index in [2.05, 4.69) is 121 Å². The molecule has 1 radical (unpaired) electrons. The van der Waals surface area contributed by atoms with E-state index in [0.717, 1.165) is 5.56 Å². The van der Waals surface area contributed by atoms with Gasteiger partial charge >= 0.3 is 0 Å². The minimum absolute atomic E-state index is 1.14. The van der Waals surface area contributed by atoms with E-state index in [-0.39, 0.29) is 0 Å². The Morgan fingerprint density at radius 2 is 0.875 bits per heavy atom. The maximum Gasteiger partial charge on any atom is -0.000741 e. The topological polar surface area (TPSA) is 0 Å². The Balaban J connectivity index is 1.59. The van der Waals surface area contributed by atoms with E-state index < -0.39 is 0 Å². The maximum atomic E-state index is 3.82. The molecule has 0 spiro atoms. The van der Waals surface area contributed by atoms with Gasteiger partial charge in [-0.3, -0.25) is 0 Å². The molecule has 0 heteroatoms. The second-order valence-corrected chi connectivity index (χ2v) is 8.44. The van der Waals surface area contributed by atoms with Crippen molar-refractivity contribution in [2.24, 2.45) is 0 Å². The predicted octanol–water partition coefficient (Wildman–Crippen LogP) is 8.92. The molecule has 147 valence electrons. The van der Waals surface area contributed by atoms with Crippen molar-refractivity contribution in [3.05, 3.63) is 121 Å². The van der Waals surface area contributed by atoms with Crippen molar-refractivity contribution in [2.45, 2.75) is 0 Å². The largest absolute Gasteiger partial charge is 0.0616 e. The van der Waals surface area contributed by atoms with Crippen LogP contribution < -0.4 is 0 Å². The summed E-state index contributed by atoms with van der Waals surface area (Å²) in [5.41, 5.74) is 2.37. The van der Waals surface area contributed by atoms with Crippen molar-refractivity contribution >= 4 is 53.9 Å². The molecule has 0 aliphatic carbocycles. The third kappa shape index (κ3) is 2.44. The van der Waals surface area contributed by atoms with Gasteiger partial charge in [-0.2, -0.15) is 0 Å². The number of hydrogen-bond donors (Lipinski definition) is 0. The summed E-state index contributed by atoms with van der Waals surface area (Å²) in [6, 6.07) is 45.4. The third-order valence-corrected chi connectivity index (χ3v) is 6.73. The van der Waals surface area contributed by atoms with Gasteiger partial charge in [-0.05, 0) is 71.1 Å². The van der Waals surface area contributed by atoms with E-state index in [9.17, 15) is 0 Å². The first-order valence-electron chi connectivity index (χ1n) is 11.0. The van der Waals surface area contributed by atoms with Crippen LogP contribution >= 0.6 is 0 Å². The molecular weight excluding hydrogens is 384 g/mol. The normalized spacial score (nSPS) is 11.8. The highest BCUT2D eigenvalue weighted by Crippen LogP contribution is 2.38. The van der Waals surface area contributed by atoms with Crippen LogP contribution in [0.5, 0.6) is 0 Å². The highest BCUT2D eigenvalue weighted by atomic mass is 14.1. The molecule has 0 unspecified atom stereocenters. The van der Waals surface area contributed by atoms with E-state index in [1.807, 2.05) is 0 Å². The molecule has 0 amide bonds. The zero-order valence-corrected chi connectivity index (χ0v) is 17.5. The molecule has 0 heterocycles. The quantitative estimate of drug-likeness (QED) is 0.240. The first kappa shape index (κ1) is 17.5. The Morgan fingerprint density at radius 3 is 1.66 bits per heavy atom. The lowest BCUT2D eigenvalue weighted by atomic mass is 9.90. The van der Waals surface area contributed by atoms with E-state index in [0.29, 0.717) is 0 Å². The van der Waals surface area contributed by atoms with Gasteiger partial charge < -0.3 is 0 Å². The van der Waals surface area contributed by atoms with Gasteiger partial charge in [0.1, 0.15) is 0 Å². The molecule has 0 nitrogen and oxygen atoms in total. The first-order chi connectivity index (χ1) is 15.9. The summed E-state index contributed by atoms with van der Waals surface area (Å²) in [6.45, 7) is 0. The van der Waals surface area contributed by atoms with Crippen LogP contribution in [-0.4, -0.2) is 0 Å². The zero-order valence-electron chi connectivity index (χ0n) is 17.5. The lowest BCUT2D eigenvalue weighted by Crippen LogP contribution is -1.87. The fourth-order valence-electron chi connectivity index (χ4n) is 5.25. The Labute approximate surface area is 186 Å². The zero-order chi connectivity index (χ0) is 21.1. The van der Waals surface area contributed by atoms with Gasteiger partial charge in [-0.15, -0.1) is 0 Å². The molecule has 7 aromatic carbocycles. The molecule has 0 aliphatic heterocycles. The predicted molar refractivity (Wildman–Crippen MR) is 138 cm³/mol. The minimum atomic E-state index is 1.14. The molecule has 0 bridgehead atoms. The second kappa shape index (κ2) is 6.67. The van der Waals surface area contributed by atoms with Crippen molar-refractivity contribution < 1.29 is 0 Å². The Kier molecular flexibility index (Phi) is 3.65. The van der Waals surface area contributed by atoms with E-state index >= 15 is 0 Å². The summed E-state index contributed by atoms with van der Waals surface area (Å²) < 4.78 is 0. The fourth-order valence-corrected chi connectivity index (χ4v) is 5.25. The van der Waals surface area contributed by atoms with Crippen LogP contribution in [0.1, 0.15) is 0 Å². The fraction of sp³-hybridized carbons (Fsp3) is 0. The molecule has 7 aromatic rings. The van der Waals surface area contributed by atoms with Crippen LogP contribution in [0.4, 0.5) is 0 Å². The minimum Gasteiger partial charge on any atom is -0.0616 e. The summed E-state index contributed by atoms with van der Waals surface area (Å²) >= 11 is 0. The molecule has 32 heavy (non-hydrogen) atoms. The Bertz CT molecular complexity index is 1790. The lowest BCUT2D eigenvalue weighted by Gasteiger charge is -2.13. The van der Waals surface area contributed by atoms with E-state index in [1.165, 1.54) is 59.4 Å². The molecule has 0 aliphatic rings. The number of benzene rings is 7. The summed E-state index contributed by atoms with van der Waals surface area (Å²) in [6.07, 6.45) is 0. The molecule has 0 saturated heterocycles. The SMILES string of the molecule is [c]1c(-c2cccc3c2ccc2ccccc23)ccc2c1c1ccccc1c1ccccc21. The number of hydrogen-bond acceptors (Lipinski definition) is 0. The third-order valence-electron chi connectivity index (χ3n) is 6.73. The van der Waals surface area contributed by atoms with Gasteiger partial charge in [0.25, 0.3) is 0 Å². The summed E-state index contributed by atoms with van der Waals surface area (Å²) in [7, 11) is 0. The standard InChI is InChI=1S/C32H19/c1-2-9-23-21(8-1)16-18-30-24(14-7-15-25(23)30)22-17-19-31-28-12-4-3-10-26(28)27-11-5-6-13-29(27)32(31)20-22/h1-19H. The molecule has 0 saturated carbocycles. The Morgan fingerprint density at radius 1 is 0.344 bits per heavy atom. The number of rotatable bonds is 1. The van der Waals surface area contributed by atoms with Crippen molar-refractivity contribution in [3.63, 3.8) is 0 Å². The van der Waals surface area contributed by atoms with E-state index in [1.54, 1.807) is 0 Å². The summed E-state index contributed by atoms with van der Waals surface area (Å²) in [4.78, 5) is 0. The average molecular weight is 404 g/mol. The van der Waals surface area contributed by atoms with Gasteiger partial charge in [0.15, 0.2) is 0 Å². The smallest absolute Gasteiger partial charge is 0.000741 e. The van der Waals surface area contributed by atoms with Gasteiger partial charge in [0.05, 0.1) is 0 Å². The highest BCUT2D eigenvalue weighted by molar-refractivity contribution is 6.25. The average Bonchev–Trinajstić information content (AvgIpc) is 2.88. The summed E-state index contributed by atoms with van der Waals surface area (Å²) in [5, 5.41) is 12.7. The Hall–Kier alpha value is -4.16. The van der Waals surface area contributed by atoms with Gasteiger partial charge in [-0.1, -0.05) is 115 Å². The highest BCUT2D eigenvalue weighted by Gasteiger charge is 2.12. The van der Waals surface area contributed by atoms with Gasteiger partial charge in [-0.25, -0.2) is 0 Å². The van der Waals surface area contributed by atoms with Crippen molar-refractivity contribution in [1.82, 2.24) is 0 Å². The second-order valence-electron chi connectivity index (χ2n) is 8.44. The molecule has 0 N–H and O–H groups in total. The van der Waals surface area contributed by atoms with Crippen molar-refractivity contribution in [2.75, 3.05) is 0 Å². The van der Waals surface area contributed by atoms with Gasteiger partial charge in [0.2, 0.25) is 0 Å². The maximum absolute atomic E-state index is 3.82. The lowest BCUT2D eigenvalue weighted by molar-refractivity contribution is 1.69. The molecule has 0 atom stereocenters. The molecule has 7 rings (SSSR count). The van der Waals surface area contributed by atoms with Crippen LogP contribution in [0.2, 0.25) is 0 Å². The van der Waals surface area contributed by atoms with Crippen LogP contribution in [0.25, 0.3) is 65.0 Å². The van der Waals surface area contributed by atoms with Gasteiger partial charge in [0, 0.05) is 0 Å². The summed E-state index contributed by atoms with van der Waals surface area (Å²) in [5.74, 6) is 0.